The van der Waals surface area contributed by atoms with E-state index in [0.29, 0.717) is 0 Å². The molecule has 0 saturated carbocycles. The van der Waals surface area contributed by atoms with Crippen molar-refractivity contribution >= 4 is 17.3 Å². The molecule has 0 aliphatic rings. The first-order chi connectivity index (χ1) is 8.86. The Kier molecular flexibility index (Phi) is 4.53. The van der Waals surface area contributed by atoms with Crippen molar-refractivity contribution in [2.45, 2.75) is 13.8 Å². The number of hydrogen-bond donors (Lipinski definition) is 1. The lowest BCUT2D eigenvalue weighted by atomic mass is 9.96. The second-order valence-corrected chi connectivity index (χ2v) is 4.26. The van der Waals surface area contributed by atoms with Gasteiger partial charge in [-0.15, -0.1) is 0 Å². The number of halogens is 1. The van der Waals surface area contributed by atoms with Crippen LogP contribution in [0, 0.1) is 39.1 Å². The van der Waals surface area contributed by atoms with Crippen molar-refractivity contribution in [1.82, 2.24) is 0 Å². The Hall–Kier alpha value is -2.49. The summed E-state index contributed by atoms with van der Waals surface area (Å²) in [5.41, 5.74) is -0.590. The van der Waals surface area contributed by atoms with Crippen LogP contribution >= 0.6 is 0 Å². The highest BCUT2D eigenvalue weighted by Crippen LogP contribution is 2.21. The van der Waals surface area contributed by atoms with Crippen LogP contribution in [0.2, 0.25) is 0 Å². The van der Waals surface area contributed by atoms with Gasteiger partial charge in [0.25, 0.3) is 0 Å². The van der Waals surface area contributed by atoms with Gasteiger partial charge in [0, 0.05) is 17.8 Å². The van der Waals surface area contributed by atoms with Crippen molar-refractivity contribution in [2.24, 2.45) is 11.8 Å². The van der Waals surface area contributed by atoms with Crippen molar-refractivity contribution in [3.05, 3.63) is 34.1 Å². The molecule has 0 aliphatic heterocycles. The summed E-state index contributed by atoms with van der Waals surface area (Å²) >= 11 is 0. The monoisotopic (exact) mass is 265 g/mol. The van der Waals surface area contributed by atoms with Gasteiger partial charge in [0.05, 0.1) is 11.0 Å². The third-order valence-corrected chi connectivity index (χ3v) is 2.50. The third-order valence-electron chi connectivity index (χ3n) is 2.50. The Labute approximate surface area is 109 Å². The number of benzene rings is 1. The largest absolute Gasteiger partial charge is 0.325 e. The number of carbonyl (C=O) groups excluding carboxylic acids is 1. The minimum atomic E-state index is -1.04. The van der Waals surface area contributed by atoms with E-state index in [1.165, 1.54) is 6.07 Å². The van der Waals surface area contributed by atoms with E-state index in [1.807, 2.05) is 6.07 Å². The first kappa shape index (κ1) is 14.6. The molecule has 0 aliphatic carbocycles. The summed E-state index contributed by atoms with van der Waals surface area (Å²) in [6.45, 7) is 3.42. The summed E-state index contributed by atoms with van der Waals surface area (Å²) < 4.78 is 13.3. The number of rotatable bonds is 4. The van der Waals surface area contributed by atoms with Crippen molar-refractivity contribution in [3.8, 4) is 6.07 Å². The number of nitriles is 1. The fraction of sp³-hybridized carbons (Fsp3) is 0.333. The molecule has 1 atom stereocenters. The third kappa shape index (κ3) is 3.48. The van der Waals surface area contributed by atoms with E-state index < -0.39 is 28.3 Å². The van der Waals surface area contributed by atoms with Crippen LogP contribution in [0.15, 0.2) is 18.2 Å². The van der Waals surface area contributed by atoms with Crippen molar-refractivity contribution in [1.29, 1.82) is 5.26 Å². The molecule has 100 valence electrons. The van der Waals surface area contributed by atoms with E-state index >= 15 is 0 Å². The highest BCUT2D eigenvalue weighted by atomic mass is 19.1. The topological polar surface area (TPSA) is 96.0 Å². The second kappa shape index (κ2) is 5.91. The van der Waals surface area contributed by atoms with E-state index in [2.05, 4.69) is 5.32 Å². The molecule has 19 heavy (non-hydrogen) atoms. The molecule has 1 rings (SSSR count). The number of amides is 1. The van der Waals surface area contributed by atoms with Crippen LogP contribution in [0.4, 0.5) is 15.8 Å². The molecule has 0 bridgehead atoms. The molecule has 1 unspecified atom stereocenters. The molecular formula is C12H12FN3O3. The minimum absolute atomic E-state index is 0.0778. The van der Waals surface area contributed by atoms with Crippen LogP contribution in [0.1, 0.15) is 13.8 Å². The van der Waals surface area contributed by atoms with E-state index in [9.17, 15) is 19.3 Å². The predicted molar refractivity (Wildman–Crippen MR) is 65.6 cm³/mol. The number of nitrogens with zero attached hydrogens (tertiary/aromatic N) is 2. The Bertz CT molecular complexity index is 552. The van der Waals surface area contributed by atoms with Gasteiger partial charge in [-0.3, -0.25) is 14.9 Å². The van der Waals surface area contributed by atoms with Crippen LogP contribution in [0.5, 0.6) is 0 Å². The number of nitrogens with one attached hydrogen (secondary N) is 1. The number of nitro groups is 1. The summed E-state index contributed by atoms with van der Waals surface area (Å²) in [5, 5.41) is 21.6. The van der Waals surface area contributed by atoms with Gasteiger partial charge < -0.3 is 5.32 Å². The highest BCUT2D eigenvalue weighted by molar-refractivity contribution is 5.94. The number of anilines is 1. The van der Waals surface area contributed by atoms with Gasteiger partial charge in [0.1, 0.15) is 5.92 Å². The fourth-order valence-electron chi connectivity index (χ4n) is 1.46. The summed E-state index contributed by atoms with van der Waals surface area (Å²) in [5.74, 6) is -2.65. The average Bonchev–Trinajstić information content (AvgIpc) is 2.28. The molecule has 0 heterocycles. The summed E-state index contributed by atoms with van der Waals surface area (Å²) in [6, 6.07) is 4.88. The molecule has 1 amide bonds. The number of carbonyl (C=O) groups is 1. The first-order valence-corrected chi connectivity index (χ1v) is 5.51. The van der Waals surface area contributed by atoms with Crippen LogP contribution in [0.25, 0.3) is 0 Å². The fourth-order valence-corrected chi connectivity index (χ4v) is 1.46. The summed E-state index contributed by atoms with van der Waals surface area (Å²) in [7, 11) is 0. The van der Waals surface area contributed by atoms with Gasteiger partial charge in [-0.2, -0.15) is 9.65 Å². The van der Waals surface area contributed by atoms with Crippen LogP contribution in [-0.2, 0) is 4.79 Å². The zero-order chi connectivity index (χ0) is 14.6. The Morgan fingerprint density at radius 3 is 2.58 bits per heavy atom. The Morgan fingerprint density at radius 2 is 2.16 bits per heavy atom. The second-order valence-electron chi connectivity index (χ2n) is 4.26. The lowest BCUT2D eigenvalue weighted by Gasteiger charge is -2.13. The molecule has 6 nitrogen and oxygen atoms in total. The van der Waals surface area contributed by atoms with Gasteiger partial charge in [-0.25, -0.2) is 0 Å². The maximum Gasteiger partial charge on any atom is 0.304 e. The van der Waals surface area contributed by atoms with Gasteiger partial charge in [0.15, 0.2) is 0 Å². The normalized spacial score (nSPS) is 11.7. The molecule has 1 N–H and O–H groups in total. The van der Waals surface area contributed by atoms with E-state index in [1.54, 1.807) is 13.8 Å². The number of hydrogen-bond acceptors (Lipinski definition) is 4. The number of nitro benzene ring substituents is 1. The first-order valence-electron chi connectivity index (χ1n) is 5.51. The molecule has 7 heteroatoms. The lowest BCUT2D eigenvalue weighted by molar-refractivity contribution is -0.387. The Balaban J connectivity index is 2.90. The smallest absolute Gasteiger partial charge is 0.304 e. The average molecular weight is 265 g/mol. The standard InChI is InChI=1S/C12H12FN3O3/c1-7(2)9(6-14)12(17)15-8-3-4-11(16(18)19)10(13)5-8/h3-5,7,9H,1-2H3,(H,15,17). The molecule has 1 aromatic rings. The van der Waals surface area contributed by atoms with Gasteiger partial charge in [-0.1, -0.05) is 13.8 Å². The molecule has 1 aromatic carbocycles. The molecule has 0 fully saturated rings. The zero-order valence-corrected chi connectivity index (χ0v) is 10.4. The van der Waals surface area contributed by atoms with Crippen LogP contribution in [-0.4, -0.2) is 10.8 Å². The maximum absolute atomic E-state index is 13.3. The maximum atomic E-state index is 13.3. The zero-order valence-electron chi connectivity index (χ0n) is 10.4. The lowest BCUT2D eigenvalue weighted by Crippen LogP contribution is -2.25. The molecular weight excluding hydrogens is 253 g/mol. The van der Waals surface area contributed by atoms with Crippen molar-refractivity contribution < 1.29 is 14.1 Å². The van der Waals surface area contributed by atoms with Gasteiger partial charge in [0.2, 0.25) is 11.7 Å². The van der Waals surface area contributed by atoms with E-state index in [-0.39, 0.29) is 11.6 Å². The van der Waals surface area contributed by atoms with Crippen molar-refractivity contribution in [3.63, 3.8) is 0 Å². The minimum Gasteiger partial charge on any atom is -0.325 e. The molecule has 0 saturated heterocycles. The quantitative estimate of drug-likeness (QED) is 0.668. The van der Waals surface area contributed by atoms with E-state index in [4.69, 9.17) is 5.26 Å². The van der Waals surface area contributed by atoms with Gasteiger partial charge >= 0.3 is 5.69 Å². The molecule has 0 radical (unpaired) electrons. The van der Waals surface area contributed by atoms with Crippen LogP contribution < -0.4 is 5.32 Å². The SMILES string of the molecule is CC(C)C(C#N)C(=O)Nc1ccc([N+](=O)[O-])c(F)c1. The summed E-state index contributed by atoms with van der Waals surface area (Å²) in [4.78, 5) is 21.3. The Morgan fingerprint density at radius 1 is 1.53 bits per heavy atom. The summed E-state index contributed by atoms with van der Waals surface area (Å²) in [6.07, 6.45) is 0. The van der Waals surface area contributed by atoms with Gasteiger partial charge in [-0.05, 0) is 12.0 Å². The van der Waals surface area contributed by atoms with Crippen molar-refractivity contribution in [2.75, 3.05) is 5.32 Å². The molecule has 0 spiro atoms. The molecule has 0 aromatic heterocycles. The highest BCUT2D eigenvalue weighted by Gasteiger charge is 2.22. The van der Waals surface area contributed by atoms with Crippen LogP contribution in [0.3, 0.4) is 0 Å². The predicted octanol–water partition coefficient (Wildman–Crippen LogP) is 2.47. The van der Waals surface area contributed by atoms with E-state index in [0.717, 1.165) is 12.1 Å².